The lowest BCUT2D eigenvalue weighted by Gasteiger charge is -2.04. The molecule has 1 heterocycles. The third kappa shape index (κ3) is 4.74. The van der Waals surface area contributed by atoms with Crippen molar-refractivity contribution in [3.63, 3.8) is 0 Å². The fourth-order valence-electron chi connectivity index (χ4n) is 1.13. The van der Waals surface area contributed by atoms with Crippen LogP contribution in [-0.2, 0) is 21.3 Å². The maximum atomic E-state index is 11.7. The highest BCUT2D eigenvalue weighted by atomic mass is 79.9. The summed E-state index contributed by atoms with van der Waals surface area (Å²) in [6, 6.07) is 0. The van der Waals surface area contributed by atoms with Crippen LogP contribution in [0.2, 0.25) is 0 Å². The highest BCUT2D eigenvalue weighted by Gasteiger charge is 2.16. The number of alkyl halides is 1. The first-order valence-electron chi connectivity index (χ1n) is 5.25. The molecule has 0 aliphatic heterocycles. The fourth-order valence-corrected chi connectivity index (χ4v) is 2.32. The molecule has 0 bridgehead atoms. The van der Waals surface area contributed by atoms with E-state index >= 15 is 0 Å². The number of hydrogen-bond donors (Lipinski definition) is 1. The monoisotopic (exact) mass is 325 g/mol. The zero-order valence-electron chi connectivity index (χ0n) is 9.60. The lowest BCUT2D eigenvalue weighted by atomic mass is 10.7. The second-order valence-corrected chi connectivity index (χ2v) is 5.75. The van der Waals surface area contributed by atoms with Crippen molar-refractivity contribution in [1.82, 2.24) is 14.3 Å². The van der Waals surface area contributed by atoms with Gasteiger partial charge in [-0.2, -0.15) is 0 Å². The third-order valence-corrected chi connectivity index (χ3v) is 3.68. The maximum Gasteiger partial charge on any atom is 0.259 e. The highest BCUT2D eigenvalue weighted by molar-refractivity contribution is 9.09. The Labute approximate surface area is 110 Å². The number of nitrogens with one attached hydrogen (secondary N) is 1. The number of ether oxygens (including phenoxy) is 1. The molecular weight excluding hydrogens is 310 g/mol. The van der Waals surface area contributed by atoms with Crippen molar-refractivity contribution >= 4 is 26.0 Å². The summed E-state index contributed by atoms with van der Waals surface area (Å²) in [4.78, 5) is 3.84. The third-order valence-electron chi connectivity index (χ3n) is 2.01. The van der Waals surface area contributed by atoms with Crippen LogP contribution in [0.5, 0.6) is 0 Å². The van der Waals surface area contributed by atoms with Gasteiger partial charge in [-0.1, -0.05) is 15.9 Å². The van der Waals surface area contributed by atoms with Crippen LogP contribution in [0, 0.1) is 0 Å². The standard InChI is InChI=1S/C9H16BrN3O3S/c1-2-13-7-9(11-8-13)17(14,15)12-4-6-16-5-3-10/h7-8,12H,2-6H2,1H3. The molecule has 0 saturated heterocycles. The molecule has 0 radical (unpaired) electrons. The van der Waals surface area contributed by atoms with Gasteiger partial charge in [0.1, 0.15) is 0 Å². The van der Waals surface area contributed by atoms with E-state index in [-0.39, 0.29) is 11.6 Å². The van der Waals surface area contributed by atoms with Gasteiger partial charge < -0.3 is 9.30 Å². The molecule has 1 N–H and O–H groups in total. The van der Waals surface area contributed by atoms with Crippen molar-refractivity contribution in [3.8, 4) is 0 Å². The number of rotatable bonds is 8. The fraction of sp³-hybridized carbons (Fsp3) is 0.667. The Morgan fingerprint density at radius 2 is 2.29 bits per heavy atom. The van der Waals surface area contributed by atoms with E-state index in [1.54, 1.807) is 4.57 Å². The normalized spacial score (nSPS) is 11.9. The minimum absolute atomic E-state index is 0.0415. The quantitative estimate of drug-likeness (QED) is 0.561. The van der Waals surface area contributed by atoms with Gasteiger partial charge in [-0.25, -0.2) is 18.1 Å². The second kappa shape index (κ2) is 7.10. The van der Waals surface area contributed by atoms with Gasteiger partial charge in [0.25, 0.3) is 10.0 Å². The molecule has 1 aromatic heterocycles. The Hall–Kier alpha value is -0.440. The van der Waals surface area contributed by atoms with Crippen LogP contribution in [-0.4, -0.2) is 43.1 Å². The summed E-state index contributed by atoms with van der Waals surface area (Å²) < 4.78 is 32.8. The van der Waals surface area contributed by atoms with E-state index in [9.17, 15) is 8.42 Å². The van der Waals surface area contributed by atoms with E-state index in [1.807, 2.05) is 6.92 Å². The summed E-state index contributed by atoms with van der Waals surface area (Å²) >= 11 is 3.21. The van der Waals surface area contributed by atoms with Crippen LogP contribution in [0.3, 0.4) is 0 Å². The van der Waals surface area contributed by atoms with Crippen molar-refractivity contribution in [3.05, 3.63) is 12.5 Å². The van der Waals surface area contributed by atoms with Gasteiger partial charge in [0.2, 0.25) is 0 Å². The SMILES string of the molecule is CCn1cnc(S(=O)(=O)NCCOCCBr)c1. The van der Waals surface area contributed by atoms with Gasteiger partial charge in [0, 0.05) is 24.6 Å². The molecule has 0 spiro atoms. The number of imidazole rings is 1. The molecule has 0 amide bonds. The molecule has 8 heteroatoms. The van der Waals surface area contributed by atoms with Gasteiger partial charge in [0.15, 0.2) is 5.03 Å². The van der Waals surface area contributed by atoms with Gasteiger partial charge in [-0.05, 0) is 6.92 Å². The summed E-state index contributed by atoms with van der Waals surface area (Å²) in [6.07, 6.45) is 3.00. The molecule has 0 saturated carbocycles. The Balaban J connectivity index is 2.45. The molecular formula is C9H16BrN3O3S. The zero-order valence-corrected chi connectivity index (χ0v) is 12.0. The molecule has 1 aromatic rings. The molecule has 1 rings (SSSR count). The molecule has 17 heavy (non-hydrogen) atoms. The first kappa shape index (κ1) is 14.6. The Kier molecular flexibility index (Phi) is 6.10. The lowest BCUT2D eigenvalue weighted by Crippen LogP contribution is -2.28. The van der Waals surface area contributed by atoms with Crippen LogP contribution >= 0.6 is 15.9 Å². The Bertz CT molecular complexity index is 432. The topological polar surface area (TPSA) is 73.2 Å². The van der Waals surface area contributed by atoms with Crippen molar-refractivity contribution < 1.29 is 13.2 Å². The van der Waals surface area contributed by atoms with Crippen molar-refractivity contribution in [1.29, 1.82) is 0 Å². The van der Waals surface area contributed by atoms with E-state index in [1.165, 1.54) is 12.5 Å². The number of aromatic nitrogens is 2. The van der Waals surface area contributed by atoms with Crippen LogP contribution in [0.1, 0.15) is 6.92 Å². The average Bonchev–Trinajstić information content (AvgIpc) is 2.78. The Morgan fingerprint density at radius 1 is 1.53 bits per heavy atom. The summed E-state index contributed by atoms with van der Waals surface area (Å²) in [5, 5.41) is 0.778. The van der Waals surface area contributed by atoms with Crippen molar-refractivity contribution in [2.24, 2.45) is 0 Å². The first-order chi connectivity index (χ1) is 8.10. The van der Waals surface area contributed by atoms with Gasteiger partial charge >= 0.3 is 0 Å². The summed E-state index contributed by atoms with van der Waals surface area (Å²) in [6.45, 7) is 3.76. The van der Waals surface area contributed by atoms with Gasteiger partial charge in [-0.15, -0.1) is 0 Å². The van der Waals surface area contributed by atoms with E-state index in [0.717, 1.165) is 5.33 Å². The van der Waals surface area contributed by atoms with Gasteiger partial charge in [-0.3, -0.25) is 0 Å². The predicted molar refractivity (Wildman–Crippen MR) is 67.7 cm³/mol. The maximum absolute atomic E-state index is 11.7. The Morgan fingerprint density at radius 3 is 2.88 bits per heavy atom. The second-order valence-electron chi connectivity index (χ2n) is 3.24. The molecule has 0 atom stereocenters. The molecule has 0 aromatic carbocycles. The van der Waals surface area contributed by atoms with Crippen molar-refractivity contribution in [2.45, 2.75) is 18.5 Å². The van der Waals surface area contributed by atoms with E-state index in [0.29, 0.717) is 19.8 Å². The van der Waals surface area contributed by atoms with Crippen LogP contribution in [0.25, 0.3) is 0 Å². The lowest BCUT2D eigenvalue weighted by molar-refractivity contribution is 0.156. The zero-order chi connectivity index (χ0) is 12.7. The highest BCUT2D eigenvalue weighted by Crippen LogP contribution is 2.04. The number of aryl methyl sites for hydroxylation is 1. The predicted octanol–water partition coefficient (Wildman–Crippen LogP) is 0.593. The summed E-state index contributed by atoms with van der Waals surface area (Å²) in [5.41, 5.74) is 0. The minimum Gasteiger partial charge on any atom is -0.379 e. The van der Waals surface area contributed by atoms with E-state index in [4.69, 9.17) is 4.74 Å². The number of hydrogen-bond acceptors (Lipinski definition) is 4. The van der Waals surface area contributed by atoms with E-state index in [2.05, 4.69) is 25.6 Å². The molecule has 0 fully saturated rings. The molecule has 0 unspecified atom stereocenters. The number of nitrogens with zero attached hydrogens (tertiary/aromatic N) is 2. The smallest absolute Gasteiger partial charge is 0.259 e. The number of halogens is 1. The van der Waals surface area contributed by atoms with Crippen LogP contribution < -0.4 is 4.72 Å². The van der Waals surface area contributed by atoms with Crippen LogP contribution in [0.15, 0.2) is 17.6 Å². The van der Waals surface area contributed by atoms with E-state index < -0.39 is 10.0 Å². The summed E-state index contributed by atoms with van der Waals surface area (Å²) in [5.74, 6) is 0. The molecule has 0 aliphatic carbocycles. The summed E-state index contributed by atoms with van der Waals surface area (Å²) in [7, 11) is -3.51. The molecule has 98 valence electrons. The first-order valence-corrected chi connectivity index (χ1v) is 7.85. The number of sulfonamides is 1. The minimum atomic E-state index is -3.51. The molecule has 6 nitrogen and oxygen atoms in total. The largest absolute Gasteiger partial charge is 0.379 e. The molecule has 0 aliphatic rings. The average molecular weight is 326 g/mol. The van der Waals surface area contributed by atoms with Gasteiger partial charge in [0.05, 0.1) is 19.5 Å². The van der Waals surface area contributed by atoms with Crippen LogP contribution in [0.4, 0.5) is 0 Å². The van der Waals surface area contributed by atoms with Crippen molar-refractivity contribution in [2.75, 3.05) is 25.1 Å².